The van der Waals surface area contributed by atoms with Gasteiger partial charge in [0.1, 0.15) is 35.3 Å². The third kappa shape index (κ3) is 11.6. The molecule has 7 aromatic rings. The number of anilines is 1. The van der Waals surface area contributed by atoms with Gasteiger partial charge >= 0.3 is 12.0 Å². The highest BCUT2D eigenvalue weighted by Crippen LogP contribution is 2.40. The second kappa shape index (κ2) is 23.6. The monoisotopic (exact) mass is 1080 g/mol. The van der Waals surface area contributed by atoms with Crippen LogP contribution in [0.25, 0.3) is 43.4 Å². The summed E-state index contributed by atoms with van der Waals surface area (Å²) in [7, 11) is 1.97. The number of likely N-dealkylation sites (N-methyl/N-ethyl adjacent to an activating group) is 1. The van der Waals surface area contributed by atoms with Gasteiger partial charge in [-0.2, -0.15) is 9.97 Å². The number of hydrogen-bond donors (Lipinski definition) is 3. The van der Waals surface area contributed by atoms with Gasteiger partial charge in [-0.1, -0.05) is 76.6 Å². The average Bonchev–Trinajstić information content (AvgIpc) is 4.33. The maximum absolute atomic E-state index is 17.2. The van der Waals surface area contributed by atoms with Gasteiger partial charge in [-0.15, -0.1) is 11.3 Å². The molecule has 3 N–H and O–H groups in total. The van der Waals surface area contributed by atoms with Crippen molar-refractivity contribution in [2.75, 3.05) is 71.0 Å². The number of halogens is 1. The molecule has 3 atom stereocenters. The van der Waals surface area contributed by atoms with Gasteiger partial charge in [0.25, 0.3) is 11.8 Å². The lowest BCUT2D eigenvalue weighted by molar-refractivity contribution is -0.143. The predicted molar refractivity (Wildman–Crippen MR) is 301 cm³/mol. The van der Waals surface area contributed by atoms with Crippen molar-refractivity contribution in [3.05, 3.63) is 101 Å². The van der Waals surface area contributed by atoms with Crippen LogP contribution in [0.15, 0.2) is 76.9 Å². The summed E-state index contributed by atoms with van der Waals surface area (Å²) in [6.07, 6.45) is 7.82. The summed E-state index contributed by atoms with van der Waals surface area (Å²) < 4.78 is 35.7. The van der Waals surface area contributed by atoms with Gasteiger partial charge in [-0.05, 0) is 123 Å². The van der Waals surface area contributed by atoms with Crippen LogP contribution in [-0.2, 0) is 11.2 Å². The second-order valence-corrected chi connectivity index (χ2v) is 22.7. The van der Waals surface area contributed by atoms with Crippen LogP contribution in [0, 0.1) is 24.1 Å². The van der Waals surface area contributed by atoms with E-state index < -0.39 is 11.7 Å². The van der Waals surface area contributed by atoms with Gasteiger partial charge in [0.05, 0.1) is 34.1 Å². The quantitative estimate of drug-likeness (QED) is 0.0782. The number of aromatic nitrogens is 5. The average molecular weight is 1080 g/mol. The minimum absolute atomic E-state index is 0.0314. The number of phenolic OH excluding ortho intramolecular Hbond substituents is 1. The molecule has 10 rings (SSSR count). The Bertz CT molecular complexity index is 3250. The molecule has 0 saturated carbocycles. The number of piperidine rings is 1. The van der Waals surface area contributed by atoms with Crippen molar-refractivity contribution in [3.63, 3.8) is 0 Å². The summed E-state index contributed by atoms with van der Waals surface area (Å²) in [6.45, 7) is 17.3. The number of nitrogens with zero attached hydrogens (tertiary/aromatic N) is 9. The van der Waals surface area contributed by atoms with Gasteiger partial charge in [0.15, 0.2) is 11.6 Å². The molecule has 412 valence electrons. The number of amides is 3. The fraction of sp³-hybridized carbons (Fsp3) is 0.475. The zero-order valence-electron chi connectivity index (χ0n) is 45.9. The lowest BCUT2D eigenvalue weighted by Crippen LogP contribution is -2.51. The van der Waals surface area contributed by atoms with Gasteiger partial charge in [0.2, 0.25) is 0 Å². The van der Waals surface area contributed by atoms with Crippen molar-refractivity contribution in [3.8, 4) is 39.3 Å². The first kappa shape index (κ1) is 54.4. The molecule has 17 nitrogen and oxygen atoms in total. The van der Waals surface area contributed by atoms with Crippen LogP contribution in [-0.4, -0.2) is 129 Å². The largest absolute Gasteiger partial charge is 0.508 e. The van der Waals surface area contributed by atoms with E-state index in [-0.39, 0.29) is 58.3 Å². The Balaban J connectivity index is 0.758. The predicted octanol–water partition coefficient (Wildman–Crippen LogP) is 10.5. The third-order valence-corrected chi connectivity index (χ3v) is 17.0. The smallest absolute Gasteiger partial charge is 0.336 e. The van der Waals surface area contributed by atoms with Crippen molar-refractivity contribution < 1.29 is 33.1 Å². The van der Waals surface area contributed by atoms with Crippen molar-refractivity contribution in [2.45, 2.75) is 104 Å². The number of hydrazine groups is 1. The van der Waals surface area contributed by atoms with Crippen molar-refractivity contribution in [1.29, 1.82) is 0 Å². The molecule has 3 saturated heterocycles. The Morgan fingerprint density at radius 3 is 2.50 bits per heavy atom. The highest BCUT2D eigenvalue weighted by Gasteiger charge is 2.40. The van der Waals surface area contributed by atoms with Crippen molar-refractivity contribution in [2.24, 2.45) is 11.3 Å². The number of benzene rings is 3. The van der Waals surface area contributed by atoms with Gasteiger partial charge in [-0.3, -0.25) is 14.7 Å². The van der Waals surface area contributed by atoms with E-state index in [1.807, 2.05) is 82.7 Å². The SMILES string of the molecule is CCc1cccc2cc(O)cc(-c3ncc4c(N5CCCCC(NC)C5)nc(OCCN5CCC(C)(COc6cc(C(C(=O)N7CCCN7C(=O)NC(C)c7ccc(-c8scnc8C)cc7)C(C)C)on6)CC5)nc4c3F)c12. The number of aryl methyl sites for hydroxylation is 2. The fourth-order valence-corrected chi connectivity index (χ4v) is 12.1. The number of nitrogens with one attached hydrogen (secondary N) is 2. The normalized spacial score (nSPS) is 17.9. The number of thiazole rings is 1. The lowest BCUT2D eigenvalue weighted by Gasteiger charge is -2.38. The van der Waals surface area contributed by atoms with Gasteiger partial charge in [0, 0.05) is 62.0 Å². The maximum Gasteiger partial charge on any atom is 0.336 e. The summed E-state index contributed by atoms with van der Waals surface area (Å²) in [5, 5.41) is 26.8. The second-order valence-electron chi connectivity index (χ2n) is 21.9. The zero-order chi connectivity index (χ0) is 54.7. The zero-order valence-corrected chi connectivity index (χ0v) is 46.7. The molecular weight excluding hydrogens is 1010 g/mol. The summed E-state index contributed by atoms with van der Waals surface area (Å²) in [5.41, 5.74) is 6.50. The van der Waals surface area contributed by atoms with E-state index in [1.165, 1.54) is 5.01 Å². The summed E-state index contributed by atoms with van der Waals surface area (Å²) in [6, 6.07) is 18.7. The van der Waals surface area contributed by atoms with Crippen LogP contribution in [0.2, 0.25) is 0 Å². The molecule has 3 aromatic carbocycles. The van der Waals surface area contributed by atoms with E-state index in [9.17, 15) is 14.7 Å². The molecule has 78 heavy (non-hydrogen) atoms. The fourth-order valence-electron chi connectivity index (χ4n) is 11.3. The number of carbonyl (C=O) groups is 2. The molecule has 0 radical (unpaired) electrons. The number of carbonyl (C=O) groups excluding carboxylic acids is 2. The number of phenols is 1. The van der Waals surface area contributed by atoms with Crippen LogP contribution in [0.5, 0.6) is 17.6 Å². The Labute approximate surface area is 459 Å². The van der Waals surface area contributed by atoms with E-state index in [2.05, 4.69) is 44.4 Å². The molecule has 0 bridgehead atoms. The topological polar surface area (TPSA) is 187 Å². The van der Waals surface area contributed by atoms with Crippen molar-refractivity contribution >= 4 is 50.8 Å². The molecule has 3 aliphatic heterocycles. The molecule has 4 aromatic heterocycles. The van der Waals surface area contributed by atoms with E-state index >= 15 is 4.39 Å². The summed E-state index contributed by atoms with van der Waals surface area (Å²) in [4.78, 5) is 52.5. The van der Waals surface area contributed by atoms with Crippen LogP contribution < -0.4 is 25.0 Å². The number of hydrogen-bond acceptors (Lipinski definition) is 15. The number of pyridine rings is 1. The highest BCUT2D eigenvalue weighted by molar-refractivity contribution is 7.13. The molecule has 7 heterocycles. The standard InChI is InChI=1S/C59H72FN11O6S/c1-8-39-13-11-14-42-29-44(72)30-45(50(39)42)52-51(60)53-46(32-62-52)55(69-22-10-9-15-43(33-69)61-7)66-57(65-53)75-28-27-68-25-20-59(6,21-26-68)34-76-48-31-47(77-67-48)49(36(2)3)56(73)70-23-12-24-71(70)58(74)64-37(4)40-16-18-41(19-17-40)54-38(5)63-35-78-54/h11,13-14,16-19,29-32,35-37,43,49,61,72H,8-10,12,15,20-28,33-34H2,1-7H3,(H,64,74). The number of fused-ring (bicyclic) bond motifs is 2. The van der Waals surface area contributed by atoms with E-state index in [0.717, 1.165) is 96.2 Å². The molecule has 3 aliphatic rings. The highest BCUT2D eigenvalue weighted by atomic mass is 32.1. The third-order valence-electron chi connectivity index (χ3n) is 16.0. The van der Waals surface area contributed by atoms with Crippen LogP contribution >= 0.6 is 11.3 Å². The number of likely N-dealkylation sites (tertiary alicyclic amines) is 1. The molecule has 3 unspecified atom stereocenters. The first-order valence-electron chi connectivity index (χ1n) is 27.6. The minimum atomic E-state index is -0.677. The van der Waals surface area contributed by atoms with Crippen LogP contribution in [0.4, 0.5) is 15.0 Å². The first-order chi connectivity index (χ1) is 37.7. The molecule has 19 heteroatoms. The number of urea groups is 1. The first-order valence-corrected chi connectivity index (χ1v) is 28.5. The Kier molecular flexibility index (Phi) is 16.4. The molecule has 3 fully saturated rings. The molecule has 0 spiro atoms. The lowest BCUT2D eigenvalue weighted by atomic mass is 9.81. The van der Waals surface area contributed by atoms with Crippen LogP contribution in [0.3, 0.4) is 0 Å². The Morgan fingerprint density at radius 2 is 1.76 bits per heavy atom. The maximum atomic E-state index is 17.2. The minimum Gasteiger partial charge on any atom is -0.508 e. The molecule has 3 amide bonds. The molecule has 0 aliphatic carbocycles. The summed E-state index contributed by atoms with van der Waals surface area (Å²) in [5.74, 6) is -0.300. The Hall–Kier alpha value is -6.96. The van der Waals surface area contributed by atoms with E-state index in [1.54, 1.807) is 40.7 Å². The van der Waals surface area contributed by atoms with E-state index in [4.69, 9.17) is 28.9 Å². The molecular formula is C59H72FN11O6S. The summed E-state index contributed by atoms with van der Waals surface area (Å²) >= 11 is 1.60. The number of rotatable bonds is 17. The van der Waals surface area contributed by atoms with Gasteiger partial charge < -0.3 is 34.6 Å². The Morgan fingerprint density at radius 1 is 0.962 bits per heavy atom. The number of ether oxygens (including phenoxy) is 2. The van der Waals surface area contributed by atoms with Crippen LogP contribution in [0.1, 0.15) is 108 Å². The van der Waals surface area contributed by atoms with E-state index in [0.29, 0.717) is 74.2 Å². The number of aromatic hydroxyl groups is 1. The van der Waals surface area contributed by atoms with Crippen molar-refractivity contribution in [1.82, 2.24) is 50.6 Å². The van der Waals surface area contributed by atoms with Gasteiger partial charge in [-0.25, -0.2) is 24.2 Å².